The zero-order valence-corrected chi connectivity index (χ0v) is 9.08. The molecule has 2 rings (SSSR count). The number of nitrogens with zero attached hydrogens (tertiary/aromatic N) is 1. The van der Waals surface area contributed by atoms with Gasteiger partial charge in [-0.05, 0) is 35.9 Å². The number of aromatic hydroxyl groups is 1. The molecule has 0 unspecified atom stereocenters. The predicted octanol–water partition coefficient (Wildman–Crippen LogP) is 2.68. The monoisotopic (exact) mass is 225 g/mol. The number of allylic oxidation sites excluding steroid dienone is 1. The van der Waals surface area contributed by atoms with Crippen LogP contribution < -0.4 is 0 Å². The van der Waals surface area contributed by atoms with Gasteiger partial charge in [-0.15, -0.1) is 0 Å². The first-order valence-corrected chi connectivity index (χ1v) is 5.17. The highest BCUT2D eigenvalue weighted by Gasteiger charge is 2.01. The van der Waals surface area contributed by atoms with Crippen LogP contribution in [0.15, 0.2) is 54.9 Å². The van der Waals surface area contributed by atoms with Crippen LogP contribution in [-0.2, 0) is 0 Å². The summed E-state index contributed by atoms with van der Waals surface area (Å²) in [6.07, 6.45) is 6.51. The second kappa shape index (κ2) is 5.07. The average molecular weight is 225 g/mol. The fraction of sp³-hybridized carbons (Fsp3) is 0. The van der Waals surface area contributed by atoms with Crippen molar-refractivity contribution in [2.75, 3.05) is 0 Å². The molecule has 1 aromatic heterocycles. The standard InChI is InChI=1S/C14H11NO2/c16-13-5-1-4-12(9-13)14(17)7-6-11-3-2-8-15-10-11/h1-10,16H/b7-6+. The molecule has 17 heavy (non-hydrogen) atoms. The number of phenolic OH excluding ortho intramolecular Hbond substituents is 1. The predicted molar refractivity (Wildman–Crippen MR) is 65.7 cm³/mol. The molecular weight excluding hydrogens is 214 g/mol. The number of phenols is 1. The van der Waals surface area contributed by atoms with Crippen molar-refractivity contribution in [1.82, 2.24) is 4.98 Å². The highest BCUT2D eigenvalue weighted by Crippen LogP contribution is 2.12. The summed E-state index contributed by atoms with van der Waals surface area (Å²) in [6, 6.07) is 9.94. The number of hydrogen-bond acceptors (Lipinski definition) is 3. The summed E-state index contributed by atoms with van der Waals surface area (Å²) in [5, 5.41) is 9.26. The molecule has 0 radical (unpaired) electrons. The molecule has 0 atom stereocenters. The van der Waals surface area contributed by atoms with E-state index >= 15 is 0 Å². The fourth-order valence-electron chi connectivity index (χ4n) is 1.40. The Morgan fingerprint density at radius 2 is 2.12 bits per heavy atom. The summed E-state index contributed by atoms with van der Waals surface area (Å²) in [7, 11) is 0. The van der Waals surface area contributed by atoms with E-state index in [-0.39, 0.29) is 11.5 Å². The van der Waals surface area contributed by atoms with Crippen molar-refractivity contribution >= 4 is 11.9 Å². The third-order valence-corrected chi connectivity index (χ3v) is 2.24. The Balaban J connectivity index is 2.15. The van der Waals surface area contributed by atoms with E-state index in [0.717, 1.165) is 5.56 Å². The number of carbonyl (C=O) groups is 1. The molecule has 0 amide bonds. The third kappa shape index (κ3) is 3.01. The molecule has 0 aliphatic rings. The van der Waals surface area contributed by atoms with E-state index in [4.69, 9.17) is 0 Å². The Kier molecular flexibility index (Phi) is 3.31. The molecule has 2 aromatic rings. The minimum absolute atomic E-state index is 0.0885. The van der Waals surface area contributed by atoms with Gasteiger partial charge in [-0.25, -0.2) is 0 Å². The first-order chi connectivity index (χ1) is 8.25. The second-order valence-corrected chi connectivity index (χ2v) is 3.53. The lowest BCUT2D eigenvalue weighted by atomic mass is 10.1. The number of pyridine rings is 1. The minimum Gasteiger partial charge on any atom is -0.508 e. The van der Waals surface area contributed by atoms with Crippen LogP contribution in [0.25, 0.3) is 6.08 Å². The molecule has 1 aromatic carbocycles. The highest BCUT2D eigenvalue weighted by molar-refractivity contribution is 6.06. The summed E-state index contributed by atoms with van der Waals surface area (Å²) in [4.78, 5) is 15.7. The SMILES string of the molecule is O=C(/C=C/c1cccnc1)c1cccc(O)c1. The normalized spacial score (nSPS) is 10.6. The summed E-state index contributed by atoms with van der Waals surface area (Å²) in [6.45, 7) is 0. The molecule has 0 aliphatic carbocycles. The molecule has 84 valence electrons. The Hall–Kier alpha value is -2.42. The van der Waals surface area contributed by atoms with Crippen LogP contribution in [0.5, 0.6) is 5.75 Å². The van der Waals surface area contributed by atoms with Crippen molar-refractivity contribution in [2.45, 2.75) is 0 Å². The largest absolute Gasteiger partial charge is 0.508 e. The molecule has 0 fully saturated rings. The van der Waals surface area contributed by atoms with Gasteiger partial charge in [0.15, 0.2) is 5.78 Å². The zero-order chi connectivity index (χ0) is 12.1. The molecule has 1 heterocycles. The van der Waals surface area contributed by atoms with Gasteiger partial charge < -0.3 is 5.11 Å². The highest BCUT2D eigenvalue weighted by atomic mass is 16.3. The van der Waals surface area contributed by atoms with Crippen LogP contribution >= 0.6 is 0 Å². The number of rotatable bonds is 3. The molecular formula is C14H11NO2. The summed E-state index contributed by atoms with van der Waals surface area (Å²) >= 11 is 0. The van der Waals surface area contributed by atoms with E-state index in [0.29, 0.717) is 5.56 Å². The first kappa shape index (κ1) is 11.1. The maximum absolute atomic E-state index is 11.8. The average Bonchev–Trinajstić information content (AvgIpc) is 2.37. The van der Waals surface area contributed by atoms with Gasteiger partial charge in [0, 0.05) is 18.0 Å². The van der Waals surface area contributed by atoms with Crippen molar-refractivity contribution in [2.24, 2.45) is 0 Å². The van der Waals surface area contributed by atoms with Crippen LogP contribution in [0, 0.1) is 0 Å². The summed E-state index contributed by atoms with van der Waals surface area (Å²) in [5.41, 5.74) is 1.33. The fourth-order valence-corrected chi connectivity index (χ4v) is 1.40. The lowest BCUT2D eigenvalue weighted by molar-refractivity contribution is 0.104. The number of ketones is 1. The molecule has 0 aliphatic heterocycles. The number of hydrogen-bond donors (Lipinski definition) is 1. The lowest BCUT2D eigenvalue weighted by Gasteiger charge is -1.96. The number of carbonyl (C=O) groups excluding carboxylic acids is 1. The number of benzene rings is 1. The maximum Gasteiger partial charge on any atom is 0.185 e. The number of aromatic nitrogens is 1. The topological polar surface area (TPSA) is 50.2 Å². The molecule has 1 N–H and O–H groups in total. The van der Waals surface area contributed by atoms with Crippen molar-refractivity contribution < 1.29 is 9.90 Å². The van der Waals surface area contributed by atoms with Crippen LogP contribution in [0.2, 0.25) is 0 Å². The van der Waals surface area contributed by atoms with E-state index < -0.39 is 0 Å². The van der Waals surface area contributed by atoms with E-state index in [1.54, 1.807) is 36.7 Å². The van der Waals surface area contributed by atoms with E-state index in [1.165, 1.54) is 18.2 Å². The van der Waals surface area contributed by atoms with Crippen LogP contribution in [0.3, 0.4) is 0 Å². The Bertz CT molecular complexity index is 547. The van der Waals surface area contributed by atoms with Gasteiger partial charge in [0.25, 0.3) is 0 Å². The quantitative estimate of drug-likeness (QED) is 0.645. The molecule has 0 spiro atoms. The summed E-state index contributed by atoms with van der Waals surface area (Å²) < 4.78 is 0. The van der Waals surface area contributed by atoms with Gasteiger partial charge >= 0.3 is 0 Å². The van der Waals surface area contributed by atoms with Gasteiger partial charge in [-0.1, -0.05) is 18.2 Å². The second-order valence-electron chi connectivity index (χ2n) is 3.53. The van der Waals surface area contributed by atoms with Crippen molar-refractivity contribution in [3.05, 3.63) is 66.0 Å². The van der Waals surface area contributed by atoms with Crippen LogP contribution in [0.4, 0.5) is 0 Å². The van der Waals surface area contributed by atoms with E-state index in [9.17, 15) is 9.90 Å². The minimum atomic E-state index is -0.148. The molecule has 0 saturated heterocycles. The van der Waals surface area contributed by atoms with E-state index in [2.05, 4.69) is 4.98 Å². The van der Waals surface area contributed by atoms with Crippen molar-refractivity contribution in [3.63, 3.8) is 0 Å². The third-order valence-electron chi connectivity index (χ3n) is 2.24. The van der Waals surface area contributed by atoms with Crippen molar-refractivity contribution in [3.8, 4) is 5.75 Å². The van der Waals surface area contributed by atoms with Gasteiger partial charge in [-0.3, -0.25) is 9.78 Å². The maximum atomic E-state index is 11.8. The molecule has 3 heteroatoms. The van der Waals surface area contributed by atoms with E-state index in [1.807, 2.05) is 6.07 Å². The summed E-state index contributed by atoms with van der Waals surface area (Å²) in [5.74, 6) is -0.0598. The van der Waals surface area contributed by atoms with Gasteiger partial charge in [0.2, 0.25) is 0 Å². The van der Waals surface area contributed by atoms with Gasteiger partial charge in [-0.2, -0.15) is 0 Å². The van der Waals surface area contributed by atoms with Gasteiger partial charge in [0.1, 0.15) is 5.75 Å². The molecule has 0 saturated carbocycles. The Labute approximate surface area is 99.1 Å². The lowest BCUT2D eigenvalue weighted by Crippen LogP contribution is -1.93. The Morgan fingerprint density at radius 1 is 1.24 bits per heavy atom. The van der Waals surface area contributed by atoms with Gasteiger partial charge in [0.05, 0.1) is 0 Å². The van der Waals surface area contributed by atoms with Crippen molar-refractivity contribution in [1.29, 1.82) is 0 Å². The molecule has 3 nitrogen and oxygen atoms in total. The van der Waals surface area contributed by atoms with Crippen LogP contribution in [-0.4, -0.2) is 15.9 Å². The first-order valence-electron chi connectivity index (χ1n) is 5.17. The zero-order valence-electron chi connectivity index (χ0n) is 9.08. The smallest absolute Gasteiger partial charge is 0.185 e. The Morgan fingerprint density at radius 3 is 2.82 bits per heavy atom. The van der Waals surface area contributed by atoms with Crippen LogP contribution in [0.1, 0.15) is 15.9 Å². The molecule has 0 bridgehead atoms.